The van der Waals surface area contributed by atoms with E-state index in [0.29, 0.717) is 32.2 Å². The lowest BCUT2D eigenvalue weighted by Crippen LogP contribution is -2.62. The summed E-state index contributed by atoms with van der Waals surface area (Å²) in [6, 6.07) is 17.0. The molecular weight excluding hydrogens is 442 g/mol. The average Bonchev–Trinajstić information content (AvgIpc) is 3.30. The minimum atomic E-state index is -1.18. The topological polar surface area (TPSA) is 98.7 Å². The minimum Gasteiger partial charge on any atom is -0.383 e. The molecule has 0 radical (unpaired) electrons. The van der Waals surface area contributed by atoms with Gasteiger partial charge in [-0.15, -0.1) is 0 Å². The third-order valence-corrected chi connectivity index (χ3v) is 7.19. The standard InChI is InChI=1S/C28H35N3O4/c1-19(2)24(32)25(33)30-28(16-8-9-17-28)27(35)29-22-15-14-21-12-6-7-13-23(21)31(26(22)34)18-20-10-4-3-5-11-20/h3-7,10-13,19,22,24,32H,8-9,14-18H2,1-2H3,(H,29,35)(H,30,33)/t22?,24-/m0/s1. The van der Waals surface area contributed by atoms with Crippen molar-refractivity contribution in [2.45, 2.75) is 76.6 Å². The first kappa shape index (κ1) is 24.9. The van der Waals surface area contributed by atoms with E-state index in [-0.39, 0.29) is 17.7 Å². The second kappa shape index (κ2) is 10.6. The van der Waals surface area contributed by atoms with Crippen molar-refractivity contribution in [3.8, 4) is 0 Å². The normalized spacial score (nSPS) is 20.2. The van der Waals surface area contributed by atoms with E-state index in [2.05, 4.69) is 10.6 Å². The number of hydrogen-bond acceptors (Lipinski definition) is 4. The summed E-state index contributed by atoms with van der Waals surface area (Å²) in [4.78, 5) is 41.8. The van der Waals surface area contributed by atoms with Gasteiger partial charge in [0.15, 0.2) is 0 Å². The number of rotatable bonds is 7. The first-order valence-electron chi connectivity index (χ1n) is 12.5. The Hall–Kier alpha value is -3.19. The Morgan fingerprint density at radius 2 is 1.71 bits per heavy atom. The number of hydrogen-bond donors (Lipinski definition) is 3. The van der Waals surface area contributed by atoms with Gasteiger partial charge in [-0.2, -0.15) is 0 Å². The quantitative estimate of drug-likeness (QED) is 0.571. The lowest BCUT2D eigenvalue weighted by atomic mass is 9.93. The third-order valence-electron chi connectivity index (χ3n) is 7.19. The maximum absolute atomic E-state index is 13.8. The number of amides is 3. The number of aliphatic hydroxyl groups is 1. The number of fused-ring (bicyclic) bond motifs is 1. The fraction of sp³-hybridized carbons (Fsp3) is 0.464. The SMILES string of the molecule is CC(C)[C@H](O)C(=O)NC1(C(=O)NC2CCc3ccccc3N(Cc3ccccc3)C2=O)CCCC1. The molecule has 2 atom stereocenters. The van der Waals surface area contributed by atoms with Crippen LogP contribution in [0.4, 0.5) is 5.69 Å². The van der Waals surface area contributed by atoms with Gasteiger partial charge in [0.05, 0.1) is 6.54 Å². The zero-order valence-corrected chi connectivity index (χ0v) is 20.5. The van der Waals surface area contributed by atoms with Crippen molar-refractivity contribution in [1.29, 1.82) is 0 Å². The Morgan fingerprint density at radius 1 is 1.06 bits per heavy atom. The molecule has 2 aromatic carbocycles. The van der Waals surface area contributed by atoms with E-state index >= 15 is 0 Å². The maximum atomic E-state index is 13.8. The molecule has 0 saturated heterocycles. The number of carbonyl (C=O) groups excluding carboxylic acids is 3. The van der Waals surface area contributed by atoms with Crippen LogP contribution in [-0.2, 0) is 27.3 Å². The molecule has 3 N–H and O–H groups in total. The Kier molecular flexibility index (Phi) is 7.55. The van der Waals surface area contributed by atoms with Crippen LogP contribution in [0.1, 0.15) is 57.1 Å². The van der Waals surface area contributed by atoms with Gasteiger partial charge in [-0.3, -0.25) is 14.4 Å². The highest BCUT2D eigenvalue weighted by Gasteiger charge is 2.45. The Labute approximate surface area is 206 Å². The van der Waals surface area contributed by atoms with Crippen molar-refractivity contribution in [3.05, 3.63) is 65.7 Å². The van der Waals surface area contributed by atoms with Crippen LogP contribution in [0.2, 0.25) is 0 Å². The van der Waals surface area contributed by atoms with Gasteiger partial charge in [-0.1, -0.05) is 75.2 Å². The fourth-order valence-corrected chi connectivity index (χ4v) is 5.07. The second-order valence-corrected chi connectivity index (χ2v) is 10.1. The van der Waals surface area contributed by atoms with Crippen LogP contribution in [-0.4, -0.2) is 40.5 Å². The molecule has 0 aromatic heterocycles. The summed E-state index contributed by atoms with van der Waals surface area (Å²) in [7, 11) is 0. The summed E-state index contributed by atoms with van der Waals surface area (Å²) in [6.07, 6.45) is 2.53. The molecule has 1 aliphatic carbocycles. The Morgan fingerprint density at radius 3 is 2.40 bits per heavy atom. The van der Waals surface area contributed by atoms with Crippen LogP contribution in [0.5, 0.6) is 0 Å². The zero-order valence-electron chi connectivity index (χ0n) is 20.5. The molecule has 4 rings (SSSR count). The van der Waals surface area contributed by atoms with Crippen LogP contribution >= 0.6 is 0 Å². The molecule has 1 unspecified atom stereocenters. The predicted octanol–water partition coefficient (Wildman–Crippen LogP) is 3.10. The molecule has 1 saturated carbocycles. The van der Waals surface area contributed by atoms with E-state index in [1.807, 2.05) is 54.6 Å². The summed E-state index contributed by atoms with van der Waals surface area (Å²) in [5.74, 6) is -1.30. The largest absolute Gasteiger partial charge is 0.383 e. The van der Waals surface area contributed by atoms with E-state index in [4.69, 9.17) is 0 Å². The summed E-state index contributed by atoms with van der Waals surface area (Å²) < 4.78 is 0. The van der Waals surface area contributed by atoms with Gasteiger partial charge >= 0.3 is 0 Å². The number of aliphatic hydroxyl groups excluding tert-OH is 1. The first-order chi connectivity index (χ1) is 16.8. The van der Waals surface area contributed by atoms with Crippen LogP contribution < -0.4 is 15.5 Å². The molecule has 3 amide bonds. The minimum absolute atomic E-state index is 0.158. The molecule has 2 aliphatic rings. The number of anilines is 1. The molecule has 35 heavy (non-hydrogen) atoms. The highest BCUT2D eigenvalue weighted by molar-refractivity contribution is 6.02. The van der Waals surface area contributed by atoms with Gasteiger partial charge in [0, 0.05) is 5.69 Å². The second-order valence-electron chi connectivity index (χ2n) is 10.1. The van der Waals surface area contributed by atoms with Gasteiger partial charge in [-0.25, -0.2) is 0 Å². The van der Waals surface area contributed by atoms with Gasteiger partial charge < -0.3 is 20.6 Å². The molecule has 0 bridgehead atoms. The number of nitrogens with one attached hydrogen (secondary N) is 2. The molecule has 1 heterocycles. The van der Waals surface area contributed by atoms with Crippen molar-refractivity contribution in [1.82, 2.24) is 10.6 Å². The lowest BCUT2D eigenvalue weighted by Gasteiger charge is -2.33. The van der Waals surface area contributed by atoms with Gasteiger partial charge in [0.1, 0.15) is 17.7 Å². The van der Waals surface area contributed by atoms with Gasteiger partial charge in [0.25, 0.3) is 0 Å². The van der Waals surface area contributed by atoms with Crippen LogP contribution in [0.25, 0.3) is 0 Å². The smallest absolute Gasteiger partial charge is 0.249 e. The molecule has 1 aliphatic heterocycles. The van der Waals surface area contributed by atoms with Gasteiger partial charge in [0.2, 0.25) is 17.7 Å². The van der Waals surface area contributed by atoms with Crippen molar-refractivity contribution >= 4 is 23.4 Å². The average molecular weight is 478 g/mol. The van der Waals surface area contributed by atoms with E-state index in [9.17, 15) is 19.5 Å². The number of aryl methyl sites for hydroxylation is 1. The zero-order chi connectivity index (χ0) is 25.0. The summed E-state index contributed by atoms with van der Waals surface area (Å²) >= 11 is 0. The van der Waals surface area contributed by atoms with Crippen molar-refractivity contribution in [2.75, 3.05) is 4.90 Å². The van der Waals surface area contributed by atoms with Crippen LogP contribution in [0.15, 0.2) is 54.6 Å². The maximum Gasteiger partial charge on any atom is 0.249 e. The van der Waals surface area contributed by atoms with Crippen LogP contribution in [0.3, 0.4) is 0 Å². The van der Waals surface area contributed by atoms with E-state index in [1.54, 1.807) is 18.7 Å². The molecule has 7 nitrogen and oxygen atoms in total. The summed E-state index contributed by atoms with van der Waals surface area (Å²) in [5.41, 5.74) is 1.83. The third kappa shape index (κ3) is 5.40. The van der Waals surface area contributed by atoms with E-state index in [0.717, 1.165) is 29.7 Å². The van der Waals surface area contributed by atoms with E-state index in [1.165, 1.54) is 0 Å². The molecule has 7 heteroatoms. The van der Waals surface area contributed by atoms with Crippen LogP contribution in [0, 0.1) is 5.92 Å². The Bertz CT molecular complexity index is 1060. The van der Waals surface area contributed by atoms with E-state index < -0.39 is 23.6 Å². The summed E-state index contributed by atoms with van der Waals surface area (Å²) in [6.45, 7) is 3.93. The predicted molar refractivity (Wildman–Crippen MR) is 135 cm³/mol. The number of benzene rings is 2. The monoisotopic (exact) mass is 477 g/mol. The molecule has 0 spiro atoms. The molecule has 1 fully saturated rings. The number of carbonyl (C=O) groups is 3. The number of para-hydroxylation sites is 1. The Balaban J connectivity index is 1.56. The lowest BCUT2D eigenvalue weighted by molar-refractivity contribution is -0.140. The molecule has 186 valence electrons. The molecular formula is C28H35N3O4. The highest BCUT2D eigenvalue weighted by Crippen LogP contribution is 2.32. The number of nitrogens with zero attached hydrogens (tertiary/aromatic N) is 1. The molecule has 2 aromatic rings. The van der Waals surface area contributed by atoms with Gasteiger partial charge in [-0.05, 0) is 48.8 Å². The first-order valence-corrected chi connectivity index (χ1v) is 12.5. The summed E-state index contributed by atoms with van der Waals surface area (Å²) in [5, 5.41) is 16.0. The van der Waals surface area contributed by atoms with Crippen molar-refractivity contribution < 1.29 is 19.5 Å². The van der Waals surface area contributed by atoms with Crippen molar-refractivity contribution in [3.63, 3.8) is 0 Å². The fourth-order valence-electron chi connectivity index (χ4n) is 5.07. The van der Waals surface area contributed by atoms with Crippen molar-refractivity contribution in [2.24, 2.45) is 5.92 Å². The highest BCUT2D eigenvalue weighted by atomic mass is 16.3.